The molecule has 2 aromatic rings. The standard InChI is InChI=1S/C26H30FN3O3/c1-19-18-23(31)24(26(32)30(19)16-17-33-2)25(20-6-4-3-5-7-20)29-14-12-28(13-15-29)22-10-8-21(27)9-11-22/h3-11,18,24-25H,12-17H2,1-2H3. The Bertz CT molecular complexity index is 1000. The number of hydrogen-bond acceptors (Lipinski definition) is 5. The van der Waals surface area contributed by atoms with E-state index >= 15 is 0 Å². The maximum atomic E-state index is 13.6. The molecular formula is C26H30FN3O3. The van der Waals surface area contributed by atoms with Crippen LogP contribution in [-0.4, -0.2) is 67.9 Å². The molecule has 0 spiro atoms. The molecule has 2 unspecified atom stereocenters. The average molecular weight is 452 g/mol. The summed E-state index contributed by atoms with van der Waals surface area (Å²) in [5, 5.41) is 0. The number of benzene rings is 2. The Morgan fingerprint density at radius 1 is 1.00 bits per heavy atom. The number of rotatable bonds is 7. The summed E-state index contributed by atoms with van der Waals surface area (Å²) in [5.74, 6) is -1.38. The predicted molar refractivity (Wildman–Crippen MR) is 125 cm³/mol. The molecule has 4 rings (SSSR count). The van der Waals surface area contributed by atoms with Crippen molar-refractivity contribution in [3.05, 3.63) is 77.8 Å². The summed E-state index contributed by atoms with van der Waals surface area (Å²) in [5.41, 5.74) is 2.59. The highest BCUT2D eigenvalue weighted by atomic mass is 19.1. The summed E-state index contributed by atoms with van der Waals surface area (Å²) in [6, 6.07) is 16.0. The Kier molecular flexibility index (Phi) is 7.20. The van der Waals surface area contributed by atoms with Gasteiger partial charge in [-0.15, -0.1) is 0 Å². The lowest BCUT2D eigenvalue weighted by Gasteiger charge is -2.44. The van der Waals surface area contributed by atoms with Gasteiger partial charge in [-0.2, -0.15) is 0 Å². The van der Waals surface area contributed by atoms with E-state index in [1.807, 2.05) is 30.3 Å². The summed E-state index contributed by atoms with van der Waals surface area (Å²) < 4.78 is 18.5. The van der Waals surface area contributed by atoms with E-state index in [9.17, 15) is 14.0 Å². The van der Waals surface area contributed by atoms with E-state index in [2.05, 4.69) is 9.80 Å². The van der Waals surface area contributed by atoms with Crippen LogP contribution < -0.4 is 4.90 Å². The van der Waals surface area contributed by atoms with Gasteiger partial charge in [0.25, 0.3) is 0 Å². The zero-order valence-corrected chi connectivity index (χ0v) is 19.1. The van der Waals surface area contributed by atoms with Crippen molar-refractivity contribution in [2.45, 2.75) is 13.0 Å². The molecule has 2 heterocycles. The molecule has 0 N–H and O–H groups in total. The Morgan fingerprint density at radius 2 is 1.67 bits per heavy atom. The van der Waals surface area contributed by atoms with E-state index < -0.39 is 5.92 Å². The fraction of sp³-hybridized carbons (Fsp3) is 0.385. The van der Waals surface area contributed by atoms with Gasteiger partial charge < -0.3 is 14.5 Å². The molecule has 7 heteroatoms. The summed E-state index contributed by atoms with van der Waals surface area (Å²) in [6.07, 6.45) is 1.59. The van der Waals surface area contributed by atoms with Gasteiger partial charge in [-0.3, -0.25) is 14.5 Å². The molecule has 2 aliphatic heterocycles. The number of carbonyl (C=O) groups is 2. The van der Waals surface area contributed by atoms with Gasteiger partial charge in [0.05, 0.1) is 12.6 Å². The number of ether oxygens (including phenoxy) is 1. The van der Waals surface area contributed by atoms with E-state index in [1.165, 1.54) is 12.1 Å². The predicted octanol–water partition coefficient (Wildman–Crippen LogP) is 3.27. The van der Waals surface area contributed by atoms with Crippen LogP contribution in [0.25, 0.3) is 0 Å². The second-order valence-electron chi connectivity index (χ2n) is 8.50. The first-order chi connectivity index (χ1) is 16.0. The summed E-state index contributed by atoms with van der Waals surface area (Å²) in [7, 11) is 1.60. The molecule has 2 atom stereocenters. The minimum Gasteiger partial charge on any atom is -0.383 e. The molecule has 1 fully saturated rings. The topological polar surface area (TPSA) is 53.1 Å². The summed E-state index contributed by atoms with van der Waals surface area (Å²) >= 11 is 0. The van der Waals surface area contributed by atoms with Gasteiger partial charge in [0, 0.05) is 57.3 Å². The number of ketones is 1. The fourth-order valence-corrected chi connectivity index (χ4v) is 4.77. The molecule has 0 aliphatic carbocycles. The van der Waals surface area contributed by atoms with Crippen molar-refractivity contribution < 1.29 is 18.7 Å². The second kappa shape index (κ2) is 10.3. The van der Waals surface area contributed by atoms with Gasteiger partial charge in [-0.05, 0) is 36.8 Å². The Labute approximate surface area is 194 Å². The zero-order chi connectivity index (χ0) is 23.4. The Balaban J connectivity index is 1.59. The van der Waals surface area contributed by atoms with Crippen molar-refractivity contribution >= 4 is 17.4 Å². The van der Waals surface area contributed by atoms with E-state index in [1.54, 1.807) is 37.1 Å². The highest BCUT2D eigenvalue weighted by Crippen LogP contribution is 2.35. The third-order valence-electron chi connectivity index (χ3n) is 6.49. The maximum Gasteiger partial charge on any atom is 0.239 e. The van der Waals surface area contributed by atoms with Crippen LogP contribution >= 0.6 is 0 Å². The number of halogens is 1. The van der Waals surface area contributed by atoms with Crippen LogP contribution in [0.1, 0.15) is 18.5 Å². The van der Waals surface area contributed by atoms with Gasteiger partial charge in [-0.1, -0.05) is 30.3 Å². The van der Waals surface area contributed by atoms with Crippen LogP contribution in [0, 0.1) is 11.7 Å². The molecule has 2 aromatic carbocycles. The number of methoxy groups -OCH3 is 1. The number of carbonyl (C=O) groups excluding carboxylic acids is 2. The monoisotopic (exact) mass is 451 g/mol. The molecule has 0 saturated carbocycles. The summed E-state index contributed by atoms with van der Waals surface area (Å²) in [6.45, 7) is 5.45. The van der Waals surface area contributed by atoms with Crippen molar-refractivity contribution in [2.75, 3.05) is 51.3 Å². The number of piperazine rings is 1. The van der Waals surface area contributed by atoms with Crippen LogP contribution in [0.4, 0.5) is 10.1 Å². The van der Waals surface area contributed by atoms with Crippen LogP contribution in [0.5, 0.6) is 0 Å². The fourth-order valence-electron chi connectivity index (χ4n) is 4.77. The number of amides is 1. The smallest absolute Gasteiger partial charge is 0.239 e. The first-order valence-corrected chi connectivity index (χ1v) is 11.3. The number of hydrogen-bond donors (Lipinski definition) is 0. The number of allylic oxidation sites excluding steroid dienone is 2. The lowest BCUT2D eigenvalue weighted by Crippen LogP contribution is -2.54. The number of anilines is 1. The second-order valence-corrected chi connectivity index (χ2v) is 8.50. The molecular weight excluding hydrogens is 421 g/mol. The third kappa shape index (κ3) is 4.99. The first-order valence-electron chi connectivity index (χ1n) is 11.3. The van der Waals surface area contributed by atoms with Crippen LogP contribution in [-0.2, 0) is 14.3 Å². The van der Waals surface area contributed by atoms with Gasteiger partial charge in [0.15, 0.2) is 5.78 Å². The molecule has 6 nitrogen and oxygen atoms in total. The van der Waals surface area contributed by atoms with Crippen molar-refractivity contribution in [1.29, 1.82) is 0 Å². The molecule has 2 aliphatic rings. The van der Waals surface area contributed by atoms with Crippen molar-refractivity contribution in [1.82, 2.24) is 9.80 Å². The minimum atomic E-state index is -0.801. The average Bonchev–Trinajstić information content (AvgIpc) is 2.83. The van der Waals surface area contributed by atoms with E-state index in [-0.39, 0.29) is 23.5 Å². The van der Waals surface area contributed by atoms with Crippen LogP contribution in [0.2, 0.25) is 0 Å². The number of nitrogens with zero attached hydrogens (tertiary/aromatic N) is 3. The molecule has 1 saturated heterocycles. The molecule has 174 valence electrons. The highest BCUT2D eigenvalue weighted by Gasteiger charge is 2.43. The van der Waals surface area contributed by atoms with E-state index in [4.69, 9.17) is 4.74 Å². The van der Waals surface area contributed by atoms with Gasteiger partial charge in [0.2, 0.25) is 5.91 Å². The first kappa shape index (κ1) is 23.1. The van der Waals surface area contributed by atoms with Crippen LogP contribution in [0.3, 0.4) is 0 Å². The molecule has 0 radical (unpaired) electrons. The maximum absolute atomic E-state index is 13.6. The zero-order valence-electron chi connectivity index (χ0n) is 19.1. The quantitative estimate of drug-likeness (QED) is 0.605. The third-order valence-corrected chi connectivity index (χ3v) is 6.49. The van der Waals surface area contributed by atoms with Gasteiger partial charge in [-0.25, -0.2) is 4.39 Å². The van der Waals surface area contributed by atoms with Gasteiger partial charge in [0.1, 0.15) is 11.7 Å². The van der Waals surface area contributed by atoms with Crippen LogP contribution in [0.15, 0.2) is 66.4 Å². The molecule has 1 amide bonds. The Hall–Kier alpha value is -3.03. The minimum absolute atomic E-state index is 0.152. The molecule has 33 heavy (non-hydrogen) atoms. The lowest BCUT2D eigenvalue weighted by molar-refractivity contribution is -0.143. The van der Waals surface area contributed by atoms with Crippen molar-refractivity contribution in [3.63, 3.8) is 0 Å². The molecule has 0 bridgehead atoms. The largest absolute Gasteiger partial charge is 0.383 e. The normalized spacial score (nSPS) is 20.7. The SMILES string of the molecule is COCCN1C(=O)C(C(c2ccccc2)N2CCN(c3ccc(F)cc3)CC2)C(=O)C=C1C. The van der Waals surface area contributed by atoms with Gasteiger partial charge >= 0.3 is 0 Å². The van der Waals surface area contributed by atoms with Crippen molar-refractivity contribution in [3.8, 4) is 0 Å². The van der Waals surface area contributed by atoms with Crippen molar-refractivity contribution in [2.24, 2.45) is 5.92 Å². The Morgan fingerprint density at radius 3 is 2.30 bits per heavy atom. The van der Waals surface area contributed by atoms with E-state index in [0.29, 0.717) is 31.9 Å². The summed E-state index contributed by atoms with van der Waals surface area (Å²) in [4.78, 5) is 32.9. The lowest BCUT2D eigenvalue weighted by atomic mass is 9.84. The van der Waals surface area contributed by atoms with E-state index in [0.717, 1.165) is 24.3 Å². The molecule has 0 aromatic heterocycles. The highest BCUT2D eigenvalue weighted by molar-refractivity contribution is 6.10.